The van der Waals surface area contributed by atoms with Gasteiger partial charge in [-0.05, 0) is 31.9 Å². The van der Waals surface area contributed by atoms with E-state index in [4.69, 9.17) is 5.11 Å². The lowest BCUT2D eigenvalue weighted by atomic mass is 10.2. The smallest absolute Gasteiger partial charge is 0.418 e. The van der Waals surface area contributed by atoms with Crippen molar-refractivity contribution in [2.45, 2.75) is 38.0 Å². The van der Waals surface area contributed by atoms with Crippen LogP contribution in [-0.4, -0.2) is 46.5 Å². The van der Waals surface area contributed by atoms with Gasteiger partial charge >= 0.3 is 18.2 Å². The van der Waals surface area contributed by atoms with Crippen molar-refractivity contribution in [3.05, 3.63) is 29.8 Å². The van der Waals surface area contributed by atoms with Gasteiger partial charge < -0.3 is 15.3 Å². The van der Waals surface area contributed by atoms with Gasteiger partial charge in [-0.2, -0.15) is 13.2 Å². The molecule has 2 unspecified atom stereocenters. The van der Waals surface area contributed by atoms with Crippen molar-refractivity contribution in [2.24, 2.45) is 0 Å². The van der Waals surface area contributed by atoms with Crippen LogP contribution < -0.4 is 16.2 Å². The number of aliphatic carboxylic acids is 1. The summed E-state index contributed by atoms with van der Waals surface area (Å²) in [5, 5.41) is 11.1. The molecule has 0 saturated carbocycles. The SMILES string of the molecule is CC(NC(=O)N1CCCC1C(=O)NNc1ccccc1C(F)(F)F)C(=O)O. The van der Waals surface area contributed by atoms with Gasteiger partial charge in [0.15, 0.2) is 0 Å². The van der Waals surface area contributed by atoms with Crippen LogP contribution >= 0.6 is 0 Å². The summed E-state index contributed by atoms with van der Waals surface area (Å²) in [6.07, 6.45) is -3.78. The van der Waals surface area contributed by atoms with E-state index in [1.807, 2.05) is 0 Å². The molecule has 0 aromatic heterocycles. The molecule has 4 N–H and O–H groups in total. The topological polar surface area (TPSA) is 111 Å². The summed E-state index contributed by atoms with van der Waals surface area (Å²) >= 11 is 0. The highest BCUT2D eigenvalue weighted by atomic mass is 19.4. The van der Waals surface area contributed by atoms with Crippen LogP contribution in [0.25, 0.3) is 0 Å². The minimum absolute atomic E-state index is 0.232. The molecule has 1 fully saturated rings. The Bertz CT molecular complexity index is 726. The zero-order valence-electron chi connectivity index (χ0n) is 14.3. The minimum Gasteiger partial charge on any atom is -0.480 e. The number of carboxylic acids is 1. The Hall–Kier alpha value is -2.98. The molecule has 1 aromatic carbocycles. The fourth-order valence-corrected chi connectivity index (χ4v) is 2.66. The number of rotatable bonds is 5. The molecule has 0 radical (unpaired) electrons. The molecule has 3 amide bonds. The lowest BCUT2D eigenvalue weighted by molar-refractivity contribution is -0.139. The number of urea groups is 1. The van der Waals surface area contributed by atoms with Crippen LogP contribution in [0.3, 0.4) is 0 Å². The van der Waals surface area contributed by atoms with Crippen molar-refractivity contribution in [3.63, 3.8) is 0 Å². The van der Waals surface area contributed by atoms with Gasteiger partial charge in [-0.1, -0.05) is 12.1 Å². The summed E-state index contributed by atoms with van der Waals surface area (Å²) in [7, 11) is 0. The largest absolute Gasteiger partial charge is 0.480 e. The summed E-state index contributed by atoms with van der Waals surface area (Å²) in [6.45, 7) is 1.51. The summed E-state index contributed by atoms with van der Waals surface area (Å²) in [5.74, 6) is -1.92. The zero-order chi connectivity index (χ0) is 20.2. The van der Waals surface area contributed by atoms with E-state index >= 15 is 0 Å². The Balaban J connectivity index is 2.01. The highest BCUT2D eigenvalue weighted by Crippen LogP contribution is 2.34. The van der Waals surface area contributed by atoms with E-state index in [0.717, 1.165) is 17.0 Å². The highest BCUT2D eigenvalue weighted by molar-refractivity contribution is 5.89. The minimum atomic E-state index is -4.60. The molecule has 2 rings (SSSR count). The Kier molecular flexibility index (Phi) is 6.13. The van der Waals surface area contributed by atoms with E-state index in [-0.39, 0.29) is 12.2 Å². The molecule has 1 heterocycles. The van der Waals surface area contributed by atoms with Gasteiger partial charge in [0.2, 0.25) is 0 Å². The monoisotopic (exact) mass is 388 g/mol. The fraction of sp³-hybridized carbons (Fsp3) is 0.438. The standard InChI is InChI=1S/C16H19F3N4O4/c1-9(14(25)26)20-15(27)23-8-4-7-12(23)13(24)22-21-11-6-3-2-5-10(11)16(17,18)19/h2-3,5-6,9,12,21H,4,7-8H2,1H3,(H,20,27)(H,22,24)(H,25,26). The van der Waals surface area contributed by atoms with Gasteiger partial charge in [-0.3, -0.25) is 20.4 Å². The van der Waals surface area contributed by atoms with Gasteiger partial charge in [0.05, 0.1) is 11.3 Å². The summed E-state index contributed by atoms with van der Waals surface area (Å²) in [4.78, 5) is 36.4. The number of amides is 3. The fourth-order valence-electron chi connectivity index (χ4n) is 2.66. The number of nitrogens with zero attached hydrogens (tertiary/aromatic N) is 1. The molecule has 1 aliphatic heterocycles. The van der Waals surface area contributed by atoms with E-state index in [0.29, 0.717) is 12.8 Å². The number of hydrogen-bond acceptors (Lipinski definition) is 4. The van der Waals surface area contributed by atoms with Gasteiger partial charge in [0.25, 0.3) is 5.91 Å². The average Bonchev–Trinajstić information content (AvgIpc) is 3.09. The number of carbonyl (C=O) groups is 3. The number of nitrogens with one attached hydrogen (secondary N) is 3. The Labute approximate surface area is 152 Å². The van der Waals surface area contributed by atoms with Gasteiger partial charge in [-0.15, -0.1) is 0 Å². The molecule has 11 heteroatoms. The van der Waals surface area contributed by atoms with Crippen molar-refractivity contribution >= 4 is 23.6 Å². The molecule has 8 nitrogen and oxygen atoms in total. The molecule has 0 aliphatic carbocycles. The molecular weight excluding hydrogens is 369 g/mol. The molecule has 148 valence electrons. The molecular formula is C16H19F3N4O4. The molecule has 2 atom stereocenters. The van der Waals surface area contributed by atoms with E-state index in [1.165, 1.54) is 19.1 Å². The summed E-state index contributed by atoms with van der Waals surface area (Å²) < 4.78 is 38.9. The summed E-state index contributed by atoms with van der Waals surface area (Å²) in [5.41, 5.74) is 3.16. The first-order valence-electron chi connectivity index (χ1n) is 8.13. The maximum Gasteiger partial charge on any atom is 0.418 e. The van der Waals surface area contributed by atoms with Crippen molar-refractivity contribution in [1.82, 2.24) is 15.6 Å². The lowest BCUT2D eigenvalue weighted by Gasteiger charge is -2.25. The number of carboxylic acid groups (broad SMARTS) is 1. The summed E-state index contributed by atoms with van der Waals surface area (Å²) in [6, 6.07) is 1.86. The van der Waals surface area contributed by atoms with Gasteiger partial charge in [-0.25, -0.2) is 4.79 Å². The molecule has 1 aromatic rings. The number of likely N-dealkylation sites (tertiary alicyclic amines) is 1. The number of para-hydroxylation sites is 1. The van der Waals surface area contributed by atoms with Crippen LogP contribution in [0.2, 0.25) is 0 Å². The van der Waals surface area contributed by atoms with E-state index in [9.17, 15) is 27.6 Å². The van der Waals surface area contributed by atoms with Crippen LogP contribution in [0.1, 0.15) is 25.3 Å². The molecule has 0 bridgehead atoms. The lowest BCUT2D eigenvalue weighted by Crippen LogP contribution is -2.53. The maximum atomic E-state index is 13.0. The number of hydrogen-bond donors (Lipinski definition) is 4. The highest BCUT2D eigenvalue weighted by Gasteiger charge is 2.36. The Morgan fingerprint density at radius 1 is 1.26 bits per heavy atom. The maximum absolute atomic E-state index is 13.0. The molecule has 0 spiro atoms. The van der Waals surface area contributed by atoms with E-state index in [2.05, 4.69) is 16.2 Å². The first kappa shape index (κ1) is 20.3. The van der Waals surface area contributed by atoms with Crippen molar-refractivity contribution < 1.29 is 32.7 Å². The molecule has 1 aliphatic rings. The van der Waals surface area contributed by atoms with Crippen molar-refractivity contribution in [3.8, 4) is 0 Å². The second-order valence-electron chi connectivity index (χ2n) is 6.02. The Morgan fingerprint density at radius 3 is 2.56 bits per heavy atom. The van der Waals surface area contributed by atoms with Crippen LogP contribution in [0.15, 0.2) is 24.3 Å². The normalized spacial score (nSPS) is 17.9. The second-order valence-corrected chi connectivity index (χ2v) is 6.02. The van der Waals surface area contributed by atoms with Crippen LogP contribution in [-0.2, 0) is 15.8 Å². The van der Waals surface area contributed by atoms with Gasteiger partial charge in [0, 0.05) is 6.54 Å². The van der Waals surface area contributed by atoms with E-state index < -0.39 is 41.7 Å². The number of carbonyl (C=O) groups excluding carboxylic acids is 2. The predicted octanol–water partition coefficient (Wildman–Crippen LogP) is 1.80. The quantitative estimate of drug-likeness (QED) is 0.575. The van der Waals surface area contributed by atoms with Crippen LogP contribution in [0, 0.1) is 0 Å². The number of halogens is 3. The first-order valence-corrected chi connectivity index (χ1v) is 8.13. The predicted molar refractivity (Wildman–Crippen MR) is 88.6 cm³/mol. The Morgan fingerprint density at radius 2 is 1.93 bits per heavy atom. The number of anilines is 1. The van der Waals surface area contributed by atoms with Crippen molar-refractivity contribution in [2.75, 3.05) is 12.0 Å². The average molecular weight is 388 g/mol. The third-order valence-corrected chi connectivity index (χ3v) is 4.08. The van der Waals surface area contributed by atoms with Gasteiger partial charge in [0.1, 0.15) is 12.1 Å². The first-order chi connectivity index (χ1) is 12.6. The number of hydrazine groups is 1. The molecule has 1 saturated heterocycles. The molecule has 27 heavy (non-hydrogen) atoms. The number of benzene rings is 1. The zero-order valence-corrected chi connectivity index (χ0v) is 14.3. The van der Waals surface area contributed by atoms with Crippen molar-refractivity contribution in [1.29, 1.82) is 0 Å². The third-order valence-electron chi connectivity index (χ3n) is 4.08. The van der Waals surface area contributed by atoms with Crippen LogP contribution in [0.4, 0.5) is 23.7 Å². The second kappa shape index (κ2) is 8.14. The van der Waals surface area contributed by atoms with E-state index in [1.54, 1.807) is 0 Å². The number of alkyl halides is 3. The van der Waals surface area contributed by atoms with Crippen LogP contribution in [0.5, 0.6) is 0 Å². The third kappa shape index (κ3) is 5.02.